The van der Waals surface area contributed by atoms with E-state index in [0.717, 1.165) is 31.2 Å². The van der Waals surface area contributed by atoms with Crippen molar-refractivity contribution < 1.29 is 33.4 Å². The lowest BCUT2D eigenvalue weighted by atomic mass is 9.75. The van der Waals surface area contributed by atoms with Gasteiger partial charge in [-0.25, -0.2) is 4.79 Å². The summed E-state index contributed by atoms with van der Waals surface area (Å²) in [6.45, 7) is 12.3. The van der Waals surface area contributed by atoms with Crippen LogP contribution in [0.5, 0.6) is 0 Å². The molecule has 212 valence electrons. The van der Waals surface area contributed by atoms with Crippen LogP contribution in [0.25, 0.3) is 6.08 Å². The van der Waals surface area contributed by atoms with Crippen molar-refractivity contribution in [1.82, 2.24) is 0 Å². The molecule has 1 rings (SSSR count). The van der Waals surface area contributed by atoms with E-state index < -0.39 is 23.0 Å². The maximum atomic E-state index is 13.4. The number of ether oxygens (including phenoxy) is 3. The maximum absolute atomic E-state index is 13.4. The Morgan fingerprint density at radius 2 is 1.66 bits per heavy atom. The summed E-state index contributed by atoms with van der Waals surface area (Å²) in [6.07, 6.45) is 8.64. The van der Waals surface area contributed by atoms with Crippen molar-refractivity contribution in [3.05, 3.63) is 41.5 Å². The van der Waals surface area contributed by atoms with E-state index >= 15 is 0 Å². The minimum absolute atomic E-state index is 0.148. The van der Waals surface area contributed by atoms with E-state index in [1.54, 1.807) is 58.0 Å². The average molecular weight is 531 g/mol. The highest BCUT2D eigenvalue weighted by molar-refractivity contribution is 6.03. The number of allylic oxidation sites excluding steroid dienone is 1. The summed E-state index contributed by atoms with van der Waals surface area (Å²) < 4.78 is 16.3. The fourth-order valence-corrected chi connectivity index (χ4v) is 4.26. The molecular weight excluding hydrogens is 484 g/mol. The van der Waals surface area contributed by atoms with Gasteiger partial charge in [0, 0.05) is 6.92 Å². The Kier molecular flexibility index (Phi) is 14.0. The Hall–Kier alpha value is -2.96. The lowest BCUT2D eigenvalue weighted by molar-refractivity contribution is -0.171. The van der Waals surface area contributed by atoms with Crippen molar-refractivity contribution in [2.24, 2.45) is 5.41 Å². The van der Waals surface area contributed by atoms with Gasteiger partial charge in [0.15, 0.2) is 0 Å². The van der Waals surface area contributed by atoms with Crippen molar-refractivity contribution in [2.75, 3.05) is 6.61 Å². The van der Waals surface area contributed by atoms with Gasteiger partial charge in [-0.05, 0) is 90.8 Å². The Bertz CT molecular complexity index is 957. The molecule has 0 heterocycles. The van der Waals surface area contributed by atoms with E-state index in [4.69, 9.17) is 14.2 Å². The molecule has 7 nitrogen and oxygen atoms in total. The van der Waals surface area contributed by atoms with Crippen molar-refractivity contribution in [1.29, 1.82) is 0 Å². The number of rotatable bonds is 16. The van der Waals surface area contributed by atoms with E-state index in [2.05, 4.69) is 6.92 Å². The number of hydrogen-bond acceptors (Lipinski definition) is 7. The van der Waals surface area contributed by atoms with Crippen LogP contribution in [0.2, 0.25) is 0 Å². The van der Waals surface area contributed by atoms with E-state index in [9.17, 15) is 19.2 Å². The molecule has 0 bridgehead atoms. The lowest BCUT2D eigenvalue weighted by Crippen LogP contribution is -2.42. The molecule has 38 heavy (non-hydrogen) atoms. The van der Waals surface area contributed by atoms with E-state index in [0.29, 0.717) is 18.4 Å². The zero-order valence-corrected chi connectivity index (χ0v) is 24.3. The number of Topliss-reactive ketones (excluding diaryl/α,β-unsaturated/α-hetero) is 1. The third-order valence-electron chi connectivity index (χ3n) is 6.23. The number of carbonyl (C=O) groups excluding carboxylic acids is 4. The zero-order chi connectivity index (χ0) is 28.8. The van der Waals surface area contributed by atoms with Gasteiger partial charge < -0.3 is 14.2 Å². The van der Waals surface area contributed by atoms with Crippen molar-refractivity contribution >= 4 is 29.8 Å². The van der Waals surface area contributed by atoms with Crippen molar-refractivity contribution in [3.63, 3.8) is 0 Å². The topological polar surface area (TPSA) is 96.0 Å². The summed E-state index contributed by atoms with van der Waals surface area (Å²) in [5.74, 6) is -1.57. The normalized spacial score (nSPS) is 14.0. The Morgan fingerprint density at radius 3 is 2.24 bits per heavy atom. The van der Waals surface area contributed by atoms with Crippen LogP contribution >= 0.6 is 0 Å². The smallest absolute Gasteiger partial charge is 0.338 e. The van der Waals surface area contributed by atoms with Gasteiger partial charge >= 0.3 is 17.9 Å². The van der Waals surface area contributed by atoms with Crippen molar-refractivity contribution in [2.45, 2.75) is 112 Å². The Morgan fingerprint density at radius 1 is 0.974 bits per heavy atom. The third-order valence-corrected chi connectivity index (χ3v) is 6.23. The van der Waals surface area contributed by atoms with Crippen LogP contribution in [0.3, 0.4) is 0 Å². The third kappa shape index (κ3) is 11.6. The monoisotopic (exact) mass is 530 g/mol. The summed E-state index contributed by atoms with van der Waals surface area (Å²) in [4.78, 5) is 50.1. The van der Waals surface area contributed by atoms with Gasteiger partial charge in [-0.3, -0.25) is 14.4 Å². The van der Waals surface area contributed by atoms with Crippen LogP contribution in [0.1, 0.15) is 116 Å². The van der Waals surface area contributed by atoms with Crippen molar-refractivity contribution in [3.8, 4) is 0 Å². The second-order valence-corrected chi connectivity index (χ2v) is 10.7. The van der Waals surface area contributed by atoms with Gasteiger partial charge in [0.1, 0.15) is 22.9 Å². The quantitative estimate of drug-likeness (QED) is 0.0996. The summed E-state index contributed by atoms with van der Waals surface area (Å²) >= 11 is 0. The molecule has 0 aromatic heterocycles. The van der Waals surface area contributed by atoms with Crippen LogP contribution in [-0.4, -0.2) is 42.0 Å². The van der Waals surface area contributed by atoms with Gasteiger partial charge in [-0.1, -0.05) is 44.1 Å². The number of ketones is 1. The molecule has 7 heteroatoms. The highest BCUT2D eigenvalue weighted by Crippen LogP contribution is 2.35. The van der Waals surface area contributed by atoms with Gasteiger partial charge in [0.2, 0.25) is 0 Å². The standard InChI is InChI=1S/C31H46O7/c1-8-10-11-18-27(37-24(4)33)19-14-21-31(23(3)32,29(35)38-30(5,6)7)20-13-16-25-15-12-17-26(22-25)28(34)36-9-2/h12-13,15-17,22,27H,8-11,14,18-21H2,1-7H3/b16-13+. The average Bonchev–Trinajstić information content (AvgIpc) is 2.81. The number of hydrogen-bond donors (Lipinski definition) is 0. The molecule has 0 saturated heterocycles. The maximum Gasteiger partial charge on any atom is 0.338 e. The van der Waals surface area contributed by atoms with Crippen LogP contribution in [0.4, 0.5) is 0 Å². The number of carbonyl (C=O) groups is 4. The Balaban J connectivity index is 3.15. The largest absolute Gasteiger partial charge is 0.463 e. The fraction of sp³-hybridized carbons (Fsp3) is 0.613. The number of esters is 3. The highest BCUT2D eigenvalue weighted by Gasteiger charge is 2.44. The first-order valence-electron chi connectivity index (χ1n) is 13.7. The van der Waals surface area contributed by atoms with Crippen LogP contribution in [0.15, 0.2) is 30.3 Å². The molecule has 2 atom stereocenters. The molecule has 0 aliphatic rings. The van der Waals surface area contributed by atoms with E-state index in [1.807, 2.05) is 6.07 Å². The van der Waals surface area contributed by atoms with Gasteiger partial charge in [-0.15, -0.1) is 0 Å². The number of benzene rings is 1. The molecule has 0 saturated carbocycles. The molecule has 0 N–H and O–H groups in total. The molecule has 0 amide bonds. The predicted molar refractivity (Wildman–Crippen MR) is 149 cm³/mol. The fourth-order valence-electron chi connectivity index (χ4n) is 4.26. The molecule has 0 aliphatic heterocycles. The molecule has 0 radical (unpaired) electrons. The minimum atomic E-state index is -1.37. The van der Waals surface area contributed by atoms with Crippen LogP contribution in [-0.2, 0) is 28.6 Å². The number of unbranched alkanes of at least 4 members (excludes halogenated alkanes) is 2. The summed E-state index contributed by atoms with van der Waals surface area (Å²) in [6, 6.07) is 6.97. The first-order chi connectivity index (χ1) is 17.8. The summed E-state index contributed by atoms with van der Waals surface area (Å²) in [5, 5.41) is 0. The van der Waals surface area contributed by atoms with Crippen LogP contribution < -0.4 is 0 Å². The first kappa shape index (κ1) is 33.1. The molecule has 0 fully saturated rings. The minimum Gasteiger partial charge on any atom is -0.463 e. The molecular formula is C31H46O7. The summed E-state index contributed by atoms with van der Waals surface area (Å²) in [5.41, 5.74) is -0.940. The Labute approximate surface area is 228 Å². The SMILES string of the molecule is CCCCCC(CCCC(C/C=C/c1cccc(C(=O)OCC)c1)(C(C)=O)C(=O)OC(C)(C)C)OC(C)=O. The van der Waals surface area contributed by atoms with Gasteiger partial charge in [0.25, 0.3) is 0 Å². The van der Waals surface area contributed by atoms with Gasteiger partial charge in [0.05, 0.1) is 12.2 Å². The second kappa shape index (κ2) is 16.1. The molecule has 1 aromatic carbocycles. The van der Waals surface area contributed by atoms with E-state index in [1.165, 1.54) is 13.8 Å². The molecule has 0 spiro atoms. The highest BCUT2D eigenvalue weighted by atomic mass is 16.6. The van der Waals surface area contributed by atoms with E-state index in [-0.39, 0.29) is 37.3 Å². The molecule has 1 aromatic rings. The lowest BCUT2D eigenvalue weighted by Gasteiger charge is -2.32. The van der Waals surface area contributed by atoms with Gasteiger partial charge in [-0.2, -0.15) is 0 Å². The predicted octanol–water partition coefficient (Wildman–Crippen LogP) is 6.87. The summed E-state index contributed by atoms with van der Waals surface area (Å²) in [7, 11) is 0. The molecule has 2 unspecified atom stereocenters. The second-order valence-electron chi connectivity index (χ2n) is 10.7. The molecule has 0 aliphatic carbocycles. The first-order valence-corrected chi connectivity index (χ1v) is 13.7. The zero-order valence-electron chi connectivity index (χ0n) is 24.3. The van der Waals surface area contributed by atoms with Crippen LogP contribution in [0, 0.1) is 5.41 Å².